The van der Waals surface area contributed by atoms with E-state index in [0.29, 0.717) is 19.7 Å². The highest BCUT2D eigenvalue weighted by Gasteiger charge is 2.31. The van der Waals surface area contributed by atoms with E-state index in [4.69, 9.17) is 4.74 Å². The van der Waals surface area contributed by atoms with Crippen molar-refractivity contribution in [1.82, 2.24) is 19.9 Å². The summed E-state index contributed by atoms with van der Waals surface area (Å²) in [7, 11) is 1.64. The number of fused-ring (bicyclic) bond motifs is 2. The largest absolute Gasteiger partial charge is 0.378 e. The zero-order valence-corrected chi connectivity index (χ0v) is 17.4. The van der Waals surface area contributed by atoms with Gasteiger partial charge in [-0.15, -0.1) is 5.10 Å². The molecule has 0 radical (unpaired) electrons. The second-order valence-electron chi connectivity index (χ2n) is 7.95. The van der Waals surface area contributed by atoms with Crippen LogP contribution in [-0.4, -0.2) is 39.0 Å². The van der Waals surface area contributed by atoms with E-state index in [9.17, 15) is 4.79 Å². The highest BCUT2D eigenvalue weighted by Crippen LogP contribution is 2.28. The summed E-state index contributed by atoms with van der Waals surface area (Å²) in [4.78, 5) is 15.8. The number of amides is 1. The van der Waals surface area contributed by atoms with Crippen LogP contribution in [0.5, 0.6) is 0 Å². The molecule has 1 aliphatic heterocycles. The topological polar surface area (TPSA) is 60.2 Å². The molecule has 0 unspecified atom stereocenters. The SMILES string of the molecule is COCc1cn(C[C@@H]2Cc3ccccc3CN2C(=O)c2cccc3ccccc23)nn1. The molecule has 1 aliphatic rings. The first-order valence-electron chi connectivity index (χ1n) is 10.5. The first kappa shape index (κ1) is 19.5. The quantitative estimate of drug-likeness (QED) is 0.500. The molecule has 6 nitrogen and oxygen atoms in total. The van der Waals surface area contributed by atoms with Crippen molar-refractivity contribution in [1.29, 1.82) is 0 Å². The molecule has 5 rings (SSSR count). The van der Waals surface area contributed by atoms with E-state index in [0.717, 1.165) is 28.5 Å². The van der Waals surface area contributed by atoms with E-state index in [1.807, 2.05) is 64.3 Å². The van der Waals surface area contributed by atoms with Gasteiger partial charge in [0.2, 0.25) is 0 Å². The lowest BCUT2D eigenvalue weighted by Gasteiger charge is -2.37. The fraction of sp³-hybridized carbons (Fsp3) is 0.240. The first-order chi connectivity index (χ1) is 15.2. The maximum absolute atomic E-state index is 13.8. The van der Waals surface area contributed by atoms with Gasteiger partial charge in [0.05, 0.1) is 25.4 Å². The summed E-state index contributed by atoms with van der Waals surface area (Å²) >= 11 is 0. The van der Waals surface area contributed by atoms with Gasteiger partial charge in [0.15, 0.2) is 0 Å². The Bertz CT molecular complexity index is 1230. The van der Waals surface area contributed by atoms with Gasteiger partial charge in [-0.3, -0.25) is 9.48 Å². The van der Waals surface area contributed by atoms with Crippen LogP contribution in [0.2, 0.25) is 0 Å². The van der Waals surface area contributed by atoms with E-state index in [-0.39, 0.29) is 11.9 Å². The molecule has 31 heavy (non-hydrogen) atoms. The van der Waals surface area contributed by atoms with Crippen molar-refractivity contribution >= 4 is 16.7 Å². The molecule has 4 aromatic rings. The number of aromatic nitrogens is 3. The molecule has 0 N–H and O–H groups in total. The summed E-state index contributed by atoms with van der Waals surface area (Å²) in [6, 6.07) is 22.3. The Balaban J connectivity index is 1.50. The average Bonchev–Trinajstić information content (AvgIpc) is 3.25. The van der Waals surface area contributed by atoms with Gasteiger partial charge in [-0.05, 0) is 34.4 Å². The molecule has 0 spiro atoms. The molecule has 0 aliphatic carbocycles. The van der Waals surface area contributed by atoms with E-state index in [1.54, 1.807) is 7.11 Å². The molecular weight excluding hydrogens is 388 g/mol. The number of rotatable bonds is 5. The average molecular weight is 412 g/mol. The van der Waals surface area contributed by atoms with Gasteiger partial charge in [-0.25, -0.2) is 0 Å². The summed E-state index contributed by atoms with van der Waals surface area (Å²) in [5.74, 6) is 0.0496. The number of hydrogen-bond acceptors (Lipinski definition) is 4. The van der Waals surface area contributed by atoms with Gasteiger partial charge < -0.3 is 9.64 Å². The molecule has 156 valence electrons. The number of benzene rings is 3. The van der Waals surface area contributed by atoms with Crippen LogP contribution in [0.25, 0.3) is 10.8 Å². The van der Waals surface area contributed by atoms with Crippen LogP contribution in [0.15, 0.2) is 72.9 Å². The van der Waals surface area contributed by atoms with Crippen LogP contribution in [0.4, 0.5) is 0 Å². The number of carbonyl (C=O) groups excluding carboxylic acids is 1. The van der Waals surface area contributed by atoms with Crippen molar-refractivity contribution in [3.63, 3.8) is 0 Å². The molecule has 0 saturated heterocycles. The second kappa shape index (κ2) is 8.32. The summed E-state index contributed by atoms with van der Waals surface area (Å²) in [6.45, 7) is 1.59. The Morgan fingerprint density at radius 1 is 1.03 bits per heavy atom. The van der Waals surface area contributed by atoms with E-state index in [2.05, 4.69) is 28.5 Å². The Morgan fingerprint density at radius 2 is 1.81 bits per heavy atom. The zero-order valence-electron chi connectivity index (χ0n) is 17.4. The molecule has 1 amide bonds. The van der Waals surface area contributed by atoms with E-state index < -0.39 is 0 Å². The zero-order chi connectivity index (χ0) is 21.2. The number of carbonyl (C=O) groups is 1. The van der Waals surface area contributed by atoms with Gasteiger partial charge in [-0.1, -0.05) is 65.9 Å². The van der Waals surface area contributed by atoms with Gasteiger partial charge in [0, 0.05) is 19.2 Å². The third-order valence-electron chi connectivity index (χ3n) is 5.91. The number of nitrogens with zero attached hydrogens (tertiary/aromatic N) is 4. The minimum atomic E-state index is -0.0153. The van der Waals surface area contributed by atoms with Crippen molar-refractivity contribution in [3.05, 3.63) is 95.3 Å². The number of methoxy groups -OCH3 is 1. The van der Waals surface area contributed by atoms with E-state index in [1.165, 1.54) is 11.1 Å². The molecule has 0 saturated carbocycles. The second-order valence-corrected chi connectivity index (χ2v) is 7.95. The Kier molecular flexibility index (Phi) is 5.22. The maximum atomic E-state index is 13.8. The molecule has 1 atom stereocenters. The smallest absolute Gasteiger partial charge is 0.255 e. The number of hydrogen-bond donors (Lipinski definition) is 0. The summed E-state index contributed by atoms with van der Waals surface area (Å²) in [5.41, 5.74) is 4.00. The van der Waals surface area contributed by atoms with Gasteiger partial charge in [0.1, 0.15) is 5.69 Å². The van der Waals surface area contributed by atoms with Crippen molar-refractivity contribution in [2.75, 3.05) is 7.11 Å². The Hall–Kier alpha value is -3.51. The van der Waals surface area contributed by atoms with Crippen LogP contribution in [0.1, 0.15) is 27.2 Å². The third-order valence-corrected chi connectivity index (χ3v) is 5.91. The molecule has 2 heterocycles. The highest BCUT2D eigenvalue weighted by atomic mass is 16.5. The first-order valence-corrected chi connectivity index (χ1v) is 10.5. The number of ether oxygens (including phenoxy) is 1. The molecule has 1 aromatic heterocycles. The predicted octanol–water partition coefficient (Wildman–Crippen LogP) is 3.85. The van der Waals surface area contributed by atoms with Crippen molar-refractivity contribution in [2.24, 2.45) is 0 Å². The van der Waals surface area contributed by atoms with Crippen LogP contribution < -0.4 is 0 Å². The van der Waals surface area contributed by atoms with Gasteiger partial charge in [-0.2, -0.15) is 0 Å². The highest BCUT2D eigenvalue weighted by molar-refractivity contribution is 6.07. The standard InChI is InChI=1S/C25H24N4O2/c1-31-17-21-15-28(27-26-21)16-22-13-19-8-2-3-9-20(19)14-29(22)25(30)24-12-6-10-18-7-4-5-11-23(18)24/h2-12,15,22H,13-14,16-17H2,1H3/t22-/m0/s1. The van der Waals surface area contributed by atoms with Crippen LogP contribution >= 0.6 is 0 Å². The molecule has 0 fully saturated rings. The molecule has 6 heteroatoms. The predicted molar refractivity (Wildman–Crippen MR) is 118 cm³/mol. The fourth-order valence-corrected chi connectivity index (χ4v) is 4.41. The monoisotopic (exact) mass is 412 g/mol. The van der Waals surface area contributed by atoms with Crippen LogP contribution in [0, 0.1) is 0 Å². The lowest BCUT2D eigenvalue weighted by Crippen LogP contribution is -2.46. The van der Waals surface area contributed by atoms with Gasteiger partial charge >= 0.3 is 0 Å². The summed E-state index contributed by atoms with van der Waals surface area (Å²) in [5, 5.41) is 10.5. The minimum absolute atomic E-state index is 0.0153. The normalized spacial score (nSPS) is 15.8. The summed E-state index contributed by atoms with van der Waals surface area (Å²) in [6.07, 6.45) is 2.68. The van der Waals surface area contributed by atoms with Gasteiger partial charge in [0.25, 0.3) is 5.91 Å². The maximum Gasteiger partial charge on any atom is 0.255 e. The Labute approximate surface area is 181 Å². The lowest BCUT2D eigenvalue weighted by molar-refractivity contribution is 0.0615. The third kappa shape index (κ3) is 3.82. The van der Waals surface area contributed by atoms with Crippen molar-refractivity contribution in [3.8, 4) is 0 Å². The van der Waals surface area contributed by atoms with Crippen molar-refractivity contribution in [2.45, 2.75) is 32.2 Å². The molecular formula is C25H24N4O2. The van der Waals surface area contributed by atoms with E-state index >= 15 is 0 Å². The fourth-order valence-electron chi connectivity index (χ4n) is 4.41. The van der Waals surface area contributed by atoms with Crippen LogP contribution in [0.3, 0.4) is 0 Å². The van der Waals surface area contributed by atoms with Crippen LogP contribution in [-0.2, 0) is 30.9 Å². The lowest BCUT2D eigenvalue weighted by atomic mass is 9.92. The Morgan fingerprint density at radius 3 is 2.68 bits per heavy atom. The summed E-state index contributed by atoms with van der Waals surface area (Å²) < 4.78 is 6.97. The minimum Gasteiger partial charge on any atom is -0.378 e. The molecule has 3 aromatic carbocycles. The van der Waals surface area contributed by atoms with Crippen molar-refractivity contribution < 1.29 is 9.53 Å². The molecule has 0 bridgehead atoms.